The van der Waals surface area contributed by atoms with Crippen LogP contribution in [0.4, 0.5) is 10.5 Å². The lowest BCUT2D eigenvalue weighted by atomic mass is 10.0. The zero-order chi connectivity index (χ0) is 28.7. The predicted molar refractivity (Wildman–Crippen MR) is 153 cm³/mol. The molecule has 0 saturated heterocycles. The Bertz CT molecular complexity index is 1610. The number of carbonyl (C=O) groups is 2. The Morgan fingerprint density at radius 3 is 2.30 bits per heavy atom. The number of anilines is 1. The molecule has 9 nitrogen and oxygen atoms in total. The Morgan fingerprint density at radius 2 is 1.60 bits per heavy atom. The number of pyridine rings is 1. The number of aliphatic carboxylic acids is 1. The average molecular weight is 559 g/mol. The van der Waals surface area contributed by atoms with Gasteiger partial charge in [-0.25, -0.2) is 13.2 Å². The van der Waals surface area contributed by atoms with Gasteiger partial charge in [0.05, 0.1) is 4.90 Å². The summed E-state index contributed by atoms with van der Waals surface area (Å²) in [4.78, 5) is 28.3. The van der Waals surface area contributed by atoms with E-state index < -0.39 is 22.0 Å². The highest BCUT2D eigenvalue weighted by Crippen LogP contribution is 2.24. The quantitative estimate of drug-likeness (QED) is 0.223. The molecule has 3 aromatic carbocycles. The van der Waals surface area contributed by atoms with Crippen molar-refractivity contribution >= 4 is 27.7 Å². The van der Waals surface area contributed by atoms with Crippen molar-refractivity contribution in [2.75, 3.05) is 5.32 Å². The molecule has 0 aliphatic rings. The van der Waals surface area contributed by atoms with Gasteiger partial charge in [-0.15, -0.1) is 0 Å². The molecule has 206 valence electrons. The molecule has 40 heavy (non-hydrogen) atoms. The standard InChI is InChI=1S/C30H30N4O5S/c1-20-6-7-21(2)28(16-20)40(38,39)34-27(29(35)36)17-22-8-10-24(11-9-22)25-4-3-5-26(18-25)33-30(37)32-19-23-12-14-31-15-13-23/h3-16,18,27,34H,17,19H2,1-2H3,(H,35,36)(H2,32,33,37). The summed E-state index contributed by atoms with van der Waals surface area (Å²) in [5.41, 5.74) is 5.21. The van der Waals surface area contributed by atoms with E-state index in [1.807, 2.05) is 42.5 Å². The van der Waals surface area contributed by atoms with Gasteiger partial charge in [-0.2, -0.15) is 4.72 Å². The number of nitrogens with zero attached hydrogens (tertiary/aromatic N) is 1. The van der Waals surface area contributed by atoms with Crippen molar-refractivity contribution in [1.82, 2.24) is 15.0 Å². The van der Waals surface area contributed by atoms with Crippen LogP contribution in [0, 0.1) is 13.8 Å². The summed E-state index contributed by atoms with van der Waals surface area (Å²) < 4.78 is 28.3. The van der Waals surface area contributed by atoms with Gasteiger partial charge in [0.1, 0.15) is 6.04 Å². The van der Waals surface area contributed by atoms with Crippen molar-refractivity contribution in [3.63, 3.8) is 0 Å². The minimum atomic E-state index is -4.04. The van der Waals surface area contributed by atoms with Crippen molar-refractivity contribution in [3.8, 4) is 11.1 Å². The molecule has 0 fully saturated rings. The van der Waals surface area contributed by atoms with Crippen LogP contribution in [0.1, 0.15) is 22.3 Å². The molecule has 1 aromatic heterocycles. The molecule has 0 bridgehead atoms. The minimum absolute atomic E-state index is 0.0288. The summed E-state index contributed by atoms with van der Waals surface area (Å²) in [7, 11) is -4.04. The highest BCUT2D eigenvalue weighted by Gasteiger charge is 2.27. The number of sulfonamides is 1. The Balaban J connectivity index is 1.41. The molecule has 1 heterocycles. The lowest BCUT2D eigenvalue weighted by molar-refractivity contribution is -0.138. The average Bonchev–Trinajstić information content (AvgIpc) is 2.94. The third kappa shape index (κ3) is 7.52. The zero-order valence-electron chi connectivity index (χ0n) is 22.1. The largest absolute Gasteiger partial charge is 0.480 e. The van der Waals surface area contributed by atoms with Crippen molar-refractivity contribution in [2.24, 2.45) is 0 Å². The summed E-state index contributed by atoms with van der Waals surface area (Å²) >= 11 is 0. The first kappa shape index (κ1) is 28.5. The van der Waals surface area contributed by atoms with Gasteiger partial charge in [-0.05, 0) is 84.0 Å². The van der Waals surface area contributed by atoms with Crippen LogP contribution in [0.2, 0.25) is 0 Å². The molecule has 4 aromatic rings. The van der Waals surface area contributed by atoms with Crippen LogP contribution in [0.3, 0.4) is 0 Å². The predicted octanol–water partition coefficient (Wildman–Crippen LogP) is 4.66. The molecule has 4 N–H and O–H groups in total. The van der Waals surface area contributed by atoms with Crippen LogP contribution < -0.4 is 15.4 Å². The SMILES string of the molecule is Cc1ccc(C)c(S(=O)(=O)NC(Cc2ccc(-c3cccc(NC(=O)NCc4ccncc4)c3)cc2)C(=O)O)c1. The molecule has 0 aliphatic carbocycles. The van der Waals surface area contributed by atoms with Gasteiger partial charge in [-0.3, -0.25) is 9.78 Å². The number of aryl methyl sites for hydroxylation is 2. The number of carboxylic acid groups (broad SMARTS) is 1. The van der Waals surface area contributed by atoms with E-state index >= 15 is 0 Å². The summed E-state index contributed by atoms with van der Waals surface area (Å²) in [6.45, 7) is 3.81. The van der Waals surface area contributed by atoms with Gasteiger partial charge < -0.3 is 15.7 Å². The monoisotopic (exact) mass is 558 g/mol. The third-order valence-corrected chi connectivity index (χ3v) is 7.89. The fraction of sp³-hybridized carbons (Fsp3) is 0.167. The smallest absolute Gasteiger partial charge is 0.322 e. The van der Waals surface area contributed by atoms with Crippen LogP contribution in [0.5, 0.6) is 0 Å². The van der Waals surface area contributed by atoms with E-state index in [-0.39, 0.29) is 17.3 Å². The zero-order valence-corrected chi connectivity index (χ0v) is 22.9. The second-order valence-corrected chi connectivity index (χ2v) is 11.1. The van der Waals surface area contributed by atoms with E-state index in [9.17, 15) is 23.1 Å². The van der Waals surface area contributed by atoms with Crippen LogP contribution in [-0.2, 0) is 27.8 Å². The Labute approximate surface area is 233 Å². The number of benzene rings is 3. The van der Waals surface area contributed by atoms with Gasteiger partial charge in [0, 0.05) is 24.6 Å². The lowest BCUT2D eigenvalue weighted by Crippen LogP contribution is -2.42. The van der Waals surface area contributed by atoms with Crippen molar-refractivity contribution in [2.45, 2.75) is 37.8 Å². The fourth-order valence-electron chi connectivity index (χ4n) is 4.13. The number of rotatable bonds is 10. The van der Waals surface area contributed by atoms with Gasteiger partial charge >= 0.3 is 12.0 Å². The third-order valence-electron chi connectivity index (χ3n) is 6.28. The summed E-state index contributed by atoms with van der Waals surface area (Å²) in [6, 6.07) is 21.5. The second-order valence-electron chi connectivity index (χ2n) is 9.43. The molecule has 0 saturated carbocycles. The fourth-order valence-corrected chi connectivity index (χ4v) is 5.65. The topological polar surface area (TPSA) is 137 Å². The molecule has 4 rings (SSSR count). The highest BCUT2D eigenvalue weighted by molar-refractivity contribution is 7.89. The molecular weight excluding hydrogens is 528 g/mol. The summed E-state index contributed by atoms with van der Waals surface area (Å²) in [5.74, 6) is -1.26. The first-order valence-electron chi connectivity index (χ1n) is 12.6. The minimum Gasteiger partial charge on any atom is -0.480 e. The van der Waals surface area contributed by atoms with Gasteiger partial charge in [0.2, 0.25) is 10.0 Å². The molecule has 2 amide bonds. The van der Waals surface area contributed by atoms with E-state index in [0.717, 1.165) is 22.3 Å². The van der Waals surface area contributed by atoms with Crippen molar-refractivity contribution in [1.29, 1.82) is 0 Å². The number of aromatic nitrogens is 1. The van der Waals surface area contributed by atoms with Crippen molar-refractivity contribution in [3.05, 3.63) is 114 Å². The number of nitrogens with one attached hydrogen (secondary N) is 3. The Morgan fingerprint density at radius 1 is 0.875 bits per heavy atom. The van der Waals surface area contributed by atoms with E-state index in [4.69, 9.17) is 0 Å². The Kier molecular flexibility index (Phi) is 8.93. The second kappa shape index (κ2) is 12.5. The van der Waals surface area contributed by atoms with Crippen LogP contribution >= 0.6 is 0 Å². The number of amides is 2. The molecular formula is C30H30N4O5S. The maximum atomic E-state index is 13.0. The van der Waals surface area contributed by atoms with Crippen LogP contribution in [0.25, 0.3) is 11.1 Å². The van der Waals surface area contributed by atoms with Gasteiger partial charge in [0.15, 0.2) is 0 Å². The highest BCUT2D eigenvalue weighted by atomic mass is 32.2. The lowest BCUT2D eigenvalue weighted by Gasteiger charge is -2.17. The van der Waals surface area contributed by atoms with Gasteiger partial charge in [-0.1, -0.05) is 48.5 Å². The number of carboxylic acids is 1. The molecule has 10 heteroatoms. The normalized spacial score (nSPS) is 11.9. The summed E-state index contributed by atoms with van der Waals surface area (Å²) in [6.07, 6.45) is 3.30. The van der Waals surface area contributed by atoms with Crippen LogP contribution in [-0.4, -0.2) is 36.6 Å². The summed E-state index contributed by atoms with van der Waals surface area (Å²) in [5, 5.41) is 15.4. The number of urea groups is 1. The van der Waals surface area contributed by atoms with E-state index in [0.29, 0.717) is 23.4 Å². The number of hydrogen-bond donors (Lipinski definition) is 4. The molecule has 1 unspecified atom stereocenters. The first-order chi connectivity index (χ1) is 19.1. The molecule has 0 aliphatic heterocycles. The Hall–Kier alpha value is -4.54. The number of carbonyl (C=O) groups excluding carboxylic acids is 1. The van der Waals surface area contributed by atoms with Gasteiger partial charge in [0.25, 0.3) is 0 Å². The molecule has 0 spiro atoms. The maximum absolute atomic E-state index is 13.0. The number of hydrogen-bond acceptors (Lipinski definition) is 5. The van der Waals surface area contributed by atoms with Crippen LogP contribution in [0.15, 0.2) is 96.2 Å². The first-order valence-corrected chi connectivity index (χ1v) is 14.0. The van der Waals surface area contributed by atoms with E-state index in [1.165, 1.54) is 6.07 Å². The molecule has 0 radical (unpaired) electrons. The van der Waals surface area contributed by atoms with E-state index in [1.54, 1.807) is 56.6 Å². The maximum Gasteiger partial charge on any atom is 0.322 e. The van der Waals surface area contributed by atoms with E-state index in [2.05, 4.69) is 20.3 Å². The van der Waals surface area contributed by atoms with Crippen molar-refractivity contribution < 1.29 is 23.1 Å². The molecule has 1 atom stereocenters.